The second kappa shape index (κ2) is 4.76. The van der Waals surface area contributed by atoms with Crippen LogP contribution in [0.1, 0.15) is 27.0 Å². The number of amides is 1. The lowest BCUT2D eigenvalue weighted by molar-refractivity contribution is -0.120. The Morgan fingerprint density at radius 2 is 2.09 bits per heavy atom. The van der Waals surface area contributed by atoms with Gasteiger partial charge in [0.25, 0.3) is 0 Å². The quantitative estimate of drug-likeness (QED) is 0.638. The standard InChI is InChI=1S/C16H12ClN3O3/c1-23-14(21)8-2-3-9-5-16(6-10(9)4-8)11-12(17)18-7-19-13(11)20-15(16)22/h2-4,7H,5-6H2,1H3,(H,18,19,20,22)/t16-/m1/s1. The molecule has 6 nitrogen and oxygen atoms in total. The molecule has 1 aliphatic heterocycles. The van der Waals surface area contributed by atoms with Crippen LogP contribution in [-0.4, -0.2) is 29.0 Å². The lowest BCUT2D eigenvalue weighted by atomic mass is 9.80. The van der Waals surface area contributed by atoms with Crippen LogP contribution in [0.25, 0.3) is 0 Å². The van der Waals surface area contributed by atoms with E-state index in [1.807, 2.05) is 6.07 Å². The first kappa shape index (κ1) is 14.1. The fourth-order valence-electron chi connectivity index (χ4n) is 3.48. The van der Waals surface area contributed by atoms with Crippen LogP contribution >= 0.6 is 11.6 Å². The van der Waals surface area contributed by atoms with Crippen LogP contribution < -0.4 is 5.32 Å². The van der Waals surface area contributed by atoms with Gasteiger partial charge in [-0.1, -0.05) is 17.7 Å². The fourth-order valence-corrected chi connectivity index (χ4v) is 3.80. The second-order valence-electron chi connectivity index (χ2n) is 5.75. The first-order valence-corrected chi connectivity index (χ1v) is 7.45. The summed E-state index contributed by atoms with van der Waals surface area (Å²) in [6.45, 7) is 0. The average molecular weight is 330 g/mol. The number of nitrogens with one attached hydrogen (secondary N) is 1. The summed E-state index contributed by atoms with van der Waals surface area (Å²) in [5, 5.41) is 3.07. The van der Waals surface area contributed by atoms with E-state index in [9.17, 15) is 9.59 Å². The monoisotopic (exact) mass is 329 g/mol. The van der Waals surface area contributed by atoms with Gasteiger partial charge in [-0.3, -0.25) is 4.79 Å². The molecule has 1 aromatic heterocycles. The molecule has 0 bridgehead atoms. The van der Waals surface area contributed by atoms with E-state index in [1.165, 1.54) is 13.4 Å². The van der Waals surface area contributed by atoms with Gasteiger partial charge in [0.15, 0.2) is 0 Å². The van der Waals surface area contributed by atoms with E-state index in [4.69, 9.17) is 16.3 Å². The van der Waals surface area contributed by atoms with E-state index in [0.717, 1.165) is 11.1 Å². The van der Waals surface area contributed by atoms with E-state index in [-0.39, 0.29) is 11.1 Å². The Balaban J connectivity index is 1.82. The Bertz CT molecular complexity index is 868. The van der Waals surface area contributed by atoms with Crippen molar-refractivity contribution < 1.29 is 14.3 Å². The van der Waals surface area contributed by atoms with Crippen LogP contribution in [0.5, 0.6) is 0 Å². The van der Waals surface area contributed by atoms with Crippen molar-refractivity contribution in [3.63, 3.8) is 0 Å². The van der Waals surface area contributed by atoms with Crippen LogP contribution in [0.3, 0.4) is 0 Å². The number of anilines is 1. The first-order chi connectivity index (χ1) is 11.0. The third kappa shape index (κ3) is 1.88. The molecule has 2 aromatic rings. The van der Waals surface area contributed by atoms with Crippen molar-refractivity contribution in [1.29, 1.82) is 0 Å². The first-order valence-electron chi connectivity index (χ1n) is 7.08. The molecule has 23 heavy (non-hydrogen) atoms. The Morgan fingerprint density at radius 1 is 1.30 bits per heavy atom. The molecule has 0 radical (unpaired) electrons. The number of hydrogen-bond acceptors (Lipinski definition) is 5. The number of hydrogen-bond donors (Lipinski definition) is 1. The Hall–Kier alpha value is -2.47. The normalized spacial score (nSPS) is 21.0. The summed E-state index contributed by atoms with van der Waals surface area (Å²) in [5.74, 6) is -0.0619. The maximum atomic E-state index is 12.6. The zero-order chi connectivity index (χ0) is 16.2. The van der Waals surface area contributed by atoms with E-state index >= 15 is 0 Å². The summed E-state index contributed by atoms with van der Waals surface area (Å²) >= 11 is 6.23. The molecule has 1 aliphatic carbocycles. The average Bonchev–Trinajstić information content (AvgIpc) is 3.05. The second-order valence-corrected chi connectivity index (χ2v) is 6.11. The van der Waals surface area contributed by atoms with Crippen molar-refractivity contribution in [2.24, 2.45) is 0 Å². The number of carbonyl (C=O) groups is 2. The maximum Gasteiger partial charge on any atom is 0.337 e. The van der Waals surface area contributed by atoms with Crippen LogP contribution in [-0.2, 0) is 27.8 Å². The number of fused-ring (bicyclic) bond motifs is 3. The van der Waals surface area contributed by atoms with E-state index < -0.39 is 11.4 Å². The largest absolute Gasteiger partial charge is 0.465 e. The van der Waals surface area contributed by atoms with Gasteiger partial charge in [0.2, 0.25) is 5.91 Å². The molecule has 2 heterocycles. The van der Waals surface area contributed by atoms with Gasteiger partial charge in [0.1, 0.15) is 17.3 Å². The zero-order valence-corrected chi connectivity index (χ0v) is 13.0. The molecule has 1 spiro atoms. The summed E-state index contributed by atoms with van der Waals surface area (Å²) in [6.07, 6.45) is 2.30. The van der Waals surface area contributed by atoms with E-state index in [0.29, 0.717) is 29.8 Å². The molecule has 4 rings (SSSR count). The van der Waals surface area contributed by atoms with Crippen LogP contribution in [0.4, 0.5) is 5.82 Å². The van der Waals surface area contributed by atoms with Crippen LogP contribution in [0.2, 0.25) is 5.15 Å². The molecule has 0 fully saturated rings. The number of carbonyl (C=O) groups excluding carboxylic acids is 2. The minimum atomic E-state index is -0.801. The van der Waals surface area contributed by atoms with Gasteiger partial charge in [0, 0.05) is 5.56 Å². The van der Waals surface area contributed by atoms with Crippen molar-refractivity contribution in [2.75, 3.05) is 12.4 Å². The summed E-state index contributed by atoms with van der Waals surface area (Å²) in [6, 6.07) is 5.35. The molecule has 0 unspecified atom stereocenters. The summed E-state index contributed by atoms with van der Waals surface area (Å²) in [5.41, 5.74) is 2.27. The number of aromatic nitrogens is 2. The van der Waals surface area contributed by atoms with Crippen molar-refractivity contribution in [3.8, 4) is 0 Å². The van der Waals surface area contributed by atoms with Gasteiger partial charge in [-0.15, -0.1) is 0 Å². The number of esters is 1. The highest BCUT2D eigenvalue weighted by atomic mass is 35.5. The highest BCUT2D eigenvalue weighted by Gasteiger charge is 2.52. The molecule has 1 N–H and O–H groups in total. The molecule has 7 heteroatoms. The molecular weight excluding hydrogens is 318 g/mol. The molecule has 1 atom stereocenters. The smallest absolute Gasteiger partial charge is 0.337 e. The van der Waals surface area contributed by atoms with Crippen molar-refractivity contribution in [3.05, 3.63) is 51.9 Å². The minimum absolute atomic E-state index is 0.134. The molecule has 0 saturated carbocycles. The summed E-state index contributed by atoms with van der Waals surface area (Å²) in [4.78, 5) is 32.4. The fraction of sp³-hybridized carbons (Fsp3) is 0.250. The lowest BCUT2D eigenvalue weighted by Gasteiger charge is -2.20. The third-order valence-corrected chi connectivity index (χ3v) is 4.84. The number of ether oxygens (including phenoxy) is 1. The lowest BCUT2D eigenvalue weighted by Crippen LogP contribution is -2.35. The number of benzene rings is 1. The third-order valence-electron chi connectivity index (χ3n) is 4.56. The predicted octanol–water partition coefficient (Wildman–Crippen LogP) is 1.91. The van der Waals surface area contributed by atoms with Gasteiger partial charge in [-0.2, -0.15) is 0 Å². The molecule has 1 amide bonds. The Labute approximate surface area is 136 Å². The summed E-state index contributed by atoms with van der Waals surface area (Å²) in [7, 11) is 1.34. The van der Waals surface area contributed by atoms with Gasteiger partial charge in [-0.25, -0.2) is 14.8 Å². The molecule has 2 aliphatic rings. The van der Waals surface area contributed by atoms with Gasteiger partial charge >= 0.3 is 5.97 Å². The summed E-state index contributed by atoms with van der Waals surface area (Å²) < 4.78 is 4.75. The van der Waals surface area contributed by atoms with Crippen molar-refractivity contribution >= 4 is 29.3 Å². The molecule has 1 aromatic carbocycles. The van der Waals surface area contributed by atoms with Crippen LogP contribution in [0, 0.1) is 0 Å². The number of methoxy groups -OCH3 is 1. The van der Waals surface area contributed by atoms with Crippen molar-refractivity contribution in [1.82, 2.24) is 9.97 Å². The highest BCUT2D eigenvalue weighted by molar-refractivity contribution is 6.31. The van der Waals surface area contributed by atoms with Gasteiger partial charge < -0.3 is 10.1 Å². The highest BCUT2D eigenvalue weighted by Crippen LogP contribution is 2.48. The minimum Gasteiger partial charge on any atom is -0.465 e. The Morgan fingerprint density at radius 3 is 2.87 bits per heavy atom. The SMILES string of the molecule is COC(=O)c1ccc2c(c1)C[C@@]1(C2)C(=O)Nc2ncnc(Cl)c21. The van der Waals surface area contributed by atoms with Crippen molar-refractivity contribution in [2.45, 2.75) is 18.3 Å². The topological polar surface area (TPSA) is 81.2 Å². The molecule has 116 valence electrons. The van der Waals surface area contributed by atoms with Gasteiger partial charge in [-0.05, 0) is 36.1 Å². The maximum absolute atomic E-state index is 12.6. The van der Waals surface area contributed by atoms with Gasteiger partial charge in [0.05, 0.1) is 18.1 Å². The number of nitrogens with zero attached hydrogens (tertiary/aromatic N) is 2. The predicted molar refractivity (Wildman–Crippen MR) is 82.5 cm³/mol. The molecule has 0 saturated heterocycles. The van der Waals surface area contributed by atoms with E-state index in [1.54, 1.807) is 12.1 Å². The van der Waals surface area contributed by atoms with E-state index in [2.05, 4.69) is 15.3 Å². The molecular formula is C16H12ClN3O3. The number of rotatable bonds is 1. The van der Waals surface area contributed by atoms with Crippen LogP contribution in [0.15, 0.2) is 24.5 Å². The number of halogens is 1. The Kier molecular flexibility index (Phi) is 2.93. The zero-order valence-electron chi connectivity index (χ0n) is 12.2.